The highest BCUT2D eigenvalue weighted by molar-refractivity contribution is 5.75. The molecule has 5 heteroatoms. The van der Waals surface area contributed by atoms with Crippen LogP contribution in [0, 0.1) is 13.8 Å². The third kappa shape index (κ3) is 3.38. The van der Waals surface area contributed by atoms with E-state index in [1.807, 2.05) is 34.7 Å². The molecule has 0 bridgehead atoms. The molecule has 0 unspecified atom stereocenters. The SMILES string of the molecule is Cc1cc(C)n(C2CN(C(=O)NC[C@@H](C)c3ccccc3)C2)n1. The Balaban J connectivity index is 1.47. The number of benzene rings is 1. The predicted octanol–water partition coefficient (Wildman–Crippen LogP) is 2.87. The van der Waals surface area contributed by atoms with Gasteiger partial charge in [-0.2, -0.15) is 5.10 Å². The van der Waals surface area contributed by atoms with Gasteiger partial charge >= 0.3 is 6.03 Å². The van der Waals surface area contributed by atoms with Gasteiger partial charge in [0.05, 0.1) is 11.7 Å². The van der Waals surface area contributed by atoms with E-state index < -0.39 is 0 Å². The van der Waals surface area contributed by atoms with Gasteiger partial charge in [0.1, 0.15) is 0 Å². The number of aromatic nitrogens is 2. The maximum absolute atomic E-state index is 12.2. The van der Waals surface area contributed by atoms with Crippen LogP contribution in [0.15, 0.2) is 36.4 Å². The molecule has 3 rings (SSSR count). The van der Waals surface area contributed by atoms with E-state index in [0.717, 1.165) is 24.5 Å². The fourth-order valence-corrected chi connectivity index (χ4v) is 3.04. The zero-order chi connectivity index (χ0) is 16.4. The highest BCUT2D eigenvalue weighted by Gasteiger charge is 2.33. The van der Waals surface area contributed by atoms with Gasteiger partial charge in [-0.25, -0.2) is 4.79 Å². The highest BCUT2D eigenvalue weighted by Crippen LogP contribution is 2.22. The Kier molecular flexibility index (Phi) is 4.37. The van der Waals surface area contributed by atoms with Crippen molar-refractivity contribution < 1.29 is 4.79 Å². The lowest BCUT2D eigenvalue weighted by molar-refractivity contribution is 0.117. The van der Waals surface area contributed by atoms with Crippen LogP contribution in [-0.4, -0.2) is 40.3 Å². The number of carbonyl (C=O) groups excluding carboxylic acids is 1. The van der Waals surface area contributed by atoms with Gasteiger partial charge in [-0.3, -0.25) is 4.68 Å². The van der Waals surface area contributed by atoms with Crippen molar-refractivity contribution in [3.63, 3.8) is 0 Å². The third-order valence-electron chi connectivity index (χ3n) is 4.47. The molecule has 1 aromatic heterocycles. The van der Waals surface area contributed by atoms with Crippen molar-refractivity contribution in [2.45, 2.75) is 32.7 Å². The van der Waals surface area contributed by atoms with Crippen LogP contribution in [0.5, 0.6) is 0 Å². The van der Waals surface area contributed by atoms with E-state index in [1.54, 1.807) is 0 Å². The average molecular weight is 312 g/mol. The number of rotatable bonds is 4. The van der Waals surface area contributed by atoms with Crippen molar-refractivity contribution >= 4 is 6.03 Å². The lowest BCUT2D eigenvalue weighted by Crippen LogP contribution is -2.55. The van der Waals surface area contributed by atoms with Gasteiger partial charge in [-0.05, 0) is 31.4 Å². The molecule has 1 aliphatic heterocycles. The molecule has 1 atom stereocenters. The second kappa shape index (κ2) is 6.44. The standard InChI is InChI=1S/C18H24N4O/c1-13(16-7-5-4-6-8-16)10-19-18(23)21-11-17(12-21)22-15(3)9-14(2)20-22/h4-9,13,17H,10-12H2,1-3H3,(H,19,23)/t13-/m1/s1. The summed E-state index contributed by atoms with van der Waals surface area (Å²) >= 11 is 0. The molecule has 2 aromatic rings. The van der Waals surface area contributed by atoms with Crippen molar-refractivity contribution in [3.8, 4) is 0 Å². The molecule has 2 amide bonds. The average Bonchev–Trinajstić information content (AvgIpc) is 2.83. The van der Waals surface area contributed by atoms with Gasteiger partial charge in [0.15, 0.2) is 0 Å². The number of hydrogen-bond acceptors (Lipinski definition) is 2. The van der Waals surface area contributed by atoms with Crippen LogP contribution in [0.1, 0.15) is 35.8 Å². The molecule has 1 aliphatic rings. The minimum Gasteiger partial charge on any atom is -0.337 e. The van der Waals surface area contributed by atoms with E-state index in [4.69, 9.17) is 0 Å². The third-order valence-corrected chi connectivity index (χ3v) is 4.47. The van der Waals surface area contributed by atoms with Gasteiger partial charge in [0, 0.05) is 25.3 Å². The first-order valence-electron chi connectivity index (χ1n) is 8.15. The number of amides is 2. The summed E-state index contributed by atoms with van der Waals surface area (Å²) in [6.07, 6.45) is 0. The summed E-state index contributed by atoms with van der Waals surface area (Å²) < 4.78 is 2.03. The molecular weight excluding hydrogens is 288 g/mol. The van der Waals surface area contributed by atoms with E-state index in [1.165, 1.54) is 5.56 Å². The van der Waals surface area contributed by atoms with Gasteiger partial charge < -0.3 is 10.2 Å². The second-order valence-electron chi connectivity index (χ2n) is 6.43. The normalized spacial score (nSPS) is 16.0. The Hall–Kier alpha value is -2.30. The smallest absolute Gasteiger partial charge is 0.317 e. The Bertz CT molecular complexity index is 674. The Morgan fingerprint density at radius 2 is 2.00 bits per heavy atom. The Morgan fingerprint density at radius 3 is 2.61 bits per heavy atom. The van der Waals surface area contributed by atoms with Crippen molar-refractivity contribution in [3.05, 3.63) is 53.3 Å². The molecular formula is C18H24N4O. The van der Waals surface area contributed by atoms with E-state index in [-0.39, 0.29) is 6.03 Å². The Labute approximate surface area is 137 Å². The van der Waals surface area contributed by atoms with Crippen LogP contribution in [0.3, 0.4) is 0 Å². The van der Waals surface area contributed by atoms with Gasteiger partial charge in [-0.15, -0.1) is 0 Å². The van der Waals surface area contributed by atoms with Gasteiger partial charge in [0.25, 0.3) is 0 Å². The number of nitrogens with zero attached hydrogens (tertiary/aromatic N) is 3. The number of carbonyl (C=O) groups is 1. The quantitative estimate of drug-likeness (QED) is 0.944. The summed E-state index contributed by atoms with van der Waals surface area (Å²) in [7, 11) is 0. The zero-order valence-corrected chi connectivity index (χ0v) is 14.0. The molecule has 2 heterocycles. The summed E-state index contributed by atoms with van der Waals surface area (Å²) in [6, 6.07) is 12.7. The molecule has 0 spiro atoms. The maximum atomic E-state index is 12.2. The predicted molar refractivity (Wildman–Crippen MR) is 90.6 cm³/mol. The van der Waals surface area contributed by atoms with E-state index in [0.29, 0.717) is 18.5 Å². The fraction of sp³-hybridized carbons (Fsp3) is 0.444. The van der Waals surface area contributed by atoms with Crippen LogP contribution in [0.4, 0.5) is 4.79 Å². The summed E-state index contributed by atoms with van der Waals surface area (Å²) in [4.78, 5) is 14.1. The minimum atomic E-state index is 0.0190. The minimum absolute atomic E-state index is 0.0190. The van der Waals surface area contributed by atoms with Crippen molar-refractivity contribution in [2.75, 3.05) is 19.6 Å². The van der Waals surface area contributed by atoms with Crippen molar-refractivity contribution in [2.24, 2.45) is 0 Å². The Morgan fingerprint density at radius 1 is 1.30 bits per heavy atom. The van der Waals surface area contributed by atoms with Gasteiger partial charge in [-0.1, -0.05) is 37.3 Å². The number of likely N-dealkylation sites (tertiary alicyclic amines) is 1. The van der Waals surface area contributed by atoms with Crippen molar-refractivity contribution in [1.82, 2.24) is 20.0 Å². The number of hydrogen-bond donors (Lipinski definition) is 1. The van der Waals surface area contributed by atoms with Crippen LogP contribution in [0.25, 0.3) is 0 Å². The highest BCUT2D eigenvalue weighted by atomic mass is 16.2. The first-order chi connectivity index (χ1) is 11.0. The largest absolute Gasteiger partial charge is 0.337 e. The number of aryl methyl sites for hydroxylation is 2. The lowest BCUT2D eigenvalue weighted by atomic mass is 10.0. The molecule has 1 aromatic carbocycles. The first kappa shape index (κ1) is 15.6. The summed E-state index contributed by atoms with van der Waals surface area (Å²) in [5.41, 5.74) is 3.43. The molecule has 0 aliphatic carbocycles. The molecule has 0 saturated carbocycles. The van der Waals surface area contributed by atoms with Crippen LogP contribution in [0.2, 0.25) is 0 Å². The molecule has 0 radical (unpaired) electrons. The van der Waals surface area contributed by atoms with E-state index in [9.17, 15) is 4.79 Å². The second-order valence-corrected chi connectivity index (χ2v) is 6.43. The first-order valence-corrected chi connectivity index (χ1v) is 8.15. The summed E-state index contributed by atoms with van der Waals surface area (Å²) in [6.45, 7) is 8.30. The van der Waals surface area contributed by atoms with Crippen LogP contribution in [-0.2, 0) is 0 Å². The molecule has 1 fully saturated rings. The van der Waals surface area contributed by atoms with Crippen LogP contribution >= 0.6 is 0 Å². The van der Waals surface area contributed by atoms with E-state index in [2.05, 4.69) is 42.5 Å². The number of urea groups is 1. The number of nitrogens with one attached hydrogen (secondary N) is 1. The molecule has 1 saturated heterocycles. The maximum Gasteiger partial charge on any atom is 0.317 e. The molecule has 23 heavy (non-hydrogen) atoms. The van der Waals surface area contributed by atoms with Crippen LogP contribution < -0.4 is 5.32 Å². The van der Waals surface area contributed by atoms with Gasteiger partial charge in [0.2, 0.25) is 0 Å². The molecule has 5 nitrogen and oxygen atoms in total. The summed E-state index contributed by atoms with van der Waals surface area (Å²) in [5, 5.41) is 7.53. The fourth-order valence-electron chi connectivity index (χ4n) is 3.04. The molecule has 122 valence electrons. The summed E-state index contributed by atoms with van der Waals surface area (Å²) in [5.74, 6) is 0.313. The topological polar surface area (TPSA) is 50.2 Å². The zero-order valence-electron chi connectivity index (χ0n) is 14.0. The van der Waals surface area contributed by atoms with Crippen molar-refractivity contribution in [1.29, 1.82) is 0 Å². The molecule has 1 N–H and O–H groups in total. The van der Waals surface area contributed by atoms with E-state index >= 15 is 0 Å². The monoisotopic (exact) mass is 312 g/mol. The lowest BCUT2D eigenvalue weighted by Gasteiger charge is -2.39.